The van der Waals surface area contributed by atoms with Crippen LogP contribution in [0.15, 0.2) is 99.1 Å². The Kier molecular flexibility index (Phi) is 6.64. The summed E-state index contributed by atoms with van der Waals surface area (Å²) in [6.45, 7) is 0. The van der Waals surface area contributed by atoms with Crippen LogP contribution in [-0.2, 0) is 6.42 Å². The molecule has 0 aliphatic rings. The Morgan fingerprint density at radius 1 is 0.974 bits per heavy atom. The van der Waals surface area contributed by atoms with Crippen LogP contribution in [-0.4, -0.2) is 31.5 Å². The minimum absolute atomic E-state index is 0.223. The van der Waals surface area contributed by atoms with E-state index in [1.165, 1.54) is 4.52 Å². The first-order valence-corrected chi connectivity index (χ1v) is 13.6. The molecule has 0 aliphatic carbocycles. The zero-order valence-corrected chi connectivity index (χ0v) is 23.0. The SMILES string of the molecule is COc1ccc(-c2nn(-c3ccccc3)cc2C=c2sc3nc(=O)c(Cc4ccccc4)nn3c2=O)cc1Br. The first-order chi connectivity index (χ1) is 19.0. The zero-order chi connectivity index (χ0) is 26.9. The lowest BCUT2D eigenvalue weighted by atomic mass is 10.1. The molecule has 0 N–H and O–H groups in total. The standard InChI is InChI=1S/C29H20BrN5O3S/c1-38-24-13-12-19(15-22(24)30)26-20(17-34(33-26)21-10-6-3-7-11-21)16-25-28(37)35-29(39-25)31-27(36)23(32-35)14-18-8-4-2-5-9-18/h2-13,15-17H,14H2,1H3. The molecule has 0 unspecified atom stereocenters. The molecule has 3 heterocycles. The minimum atomic E-state index is -0.438. The van der Waals surface area contributed by atoms with E-state index in [1.807, 2.05) is 85.1 Å². The van der Waals surface area contributed by atoms with Gasteiger partial charge in [-0.05, 0) is 57.9 Å². The van der Waals surface area contributed by atoms with Crippen molar-refractivity contribution in [1.82, 2.24) is 24.4 Å². The lowest BCUT2D eigenvalue weighted by molar-refractivity contribution is 0.412. The van der Waals surface area contributed by atoms with E-state index in [1.54, 1.807) is 17.9 Å². The topological polar surface area (TPSA) is 91.4 Å². The number of aromatic nitrogens is 5. The van der Waals surface area contributed by atoms with Gasteiger partial charge in [-0.3, -0.25) is 9.59 Å². The lowest BCUT2D eigenvalue weighted by Gasteiger charge is -2.05. The summed E-state index contributed by atoms with van der Waals surface area (Å²) in [7, 11) is 1.61. The molecule has 0 atom stereocenters. The van der Waals surface area contributed by atoms with E-state index in [0.29, 0.717) is 22.4 Å². The van der Waals surface area contributed by atoms with Crippen LogP contribution >= 0.6 is 27.3 Å². The van der Waals surface area contributed by atoms with Crippen LogP contribution in [0, 0.1) is 0 Å². The molecule has 0 spiro atoms. The highest BCUT2D eigenvalue weighted by atomic mass is 79.9. The van der Waals surface area contributed by atoms with Gasteiger partial charge in [0.1, 0.15) is 17.1 Å². The van der Waals surface area contributed by atoms with Crippen LogP contribution < -0.4 is 20.4 Å². The van der Waals surface area contributed by atoms with Gasteiger partial charge in [0.05, 0.1) is 21.8 Å². The Hall–Kier alpha value is -4.41. The van der Waals surface area contributed by atoms with Crippen LogP contribution in [0.2, 0.25) is 0 Å². The number of para-hydroxylation sites is 1. The van der Waals surface area contributed by atoms with E-state index >= 15 is 0 Å². The summed E-state index contributed by atoms with van der Waals surface area (Å²) in [5, 5.41) is 9.22. The van der Waals surface area contributed by atoms with Crippen LogP contribution in [0.1, 0.15) is 16.8 Å². The number of methoxy groups -OCH3 is 1. The van der Waals surface area contributed by atoms with Crippen molar-refractivity contribution in [3.63, 3.8) is 0 Å². The van der Waals surface area contributed by atoms with E-state index in [0.717, 1.165) is 38.2 Å². The molecule has 0 saturated heterocycles. The van der Waals surface area contributed by atoms with Crippen molar-refractivity contribution in [2.24, 2.45) is 0 Å². The second kappa shape index (κ2) is 10.4. The first-order valence-electron chi connectivity index (χ1n) is 12.0. The predicted molar refractivity (Wildman–Crippen MR) is 155 cm³/mol. The molecule has 3 aromatic carbocycles. The Balaban J connectivity index is 1.50. The zero-order valence-electron chi connectivity index (χ0n) is 20.6. The van der Waals surface area contributed by atoms with E-state index in [9.17, 15) is 9.59 Å². The third kappa shape index (κ3) is 4.91. The number of benzene rings is 3. The number of hydrogen-bond donors (Lipinski definition) is 0. The molecule has 3 aromatic heterocycles. The number of hydrogen-bond acceptors (Lipinski definition) is 7. The molecule has 6 rings (SSSR count). The summed E-state index contributed by atoms with van der Waals surface area (Å²) < 4.78 is 9.54. The van der Waals surface area contributed by atoms with Crippen LogP contribution in [0.25, 0.3) is 28.0 Å². The summed E-state index contributed by atoms with van der Waals surface area (Å²) in [6, 6.07) is 24.9. The number of halogens is 1. The van der Waals surface area contributed by atoms with Crippen molar-refractivity contribution in [2.45, 2.75) is 6.42 Å². The summed E-state index contributed by atoms with van der Waals surface area (Å²) >= 11 is 4.67. The van der Waals surface area contributed by atoms with Crippen molar-refractivity contribution < 1.29 is 4.74 Å². The molecule has 0 bridgehead atoms. The Labute approximate surface area is 234 Å². The van der Waals surface area contributed by atoms with Gasteiger partial charge in [0.15, 0.2) is 0 Å². The predicted octanol–water partition coefficient (Wildman–Crippen LogP) is 4.27. The number of rotatable bonds is 6. The number of fused-ring (bicyclic) bond motifs is 1. The van der Waals surface area contributed by atoms with E-state index in [-0.39, 0.29) is 16.2 Å². The second-order valence-corrected chi connectivity index (χ2v) is 10.6. The summed E-state index contributed by atoms with van der Waals surface area (Å²) in [5.74, 6) is 0.700. The van der Waals surface area contributed by atoms with Gasteiger partial charge >= 0.3 is 0 Å². The van der Waals surface area contributed by atoms with Crippen LogP contribution in [0.5, 0.6) is 5.75 Å². The minimum Gasteiger partial charge on any atom is -0.496 e. The Morgan fingerprint density at radius 2 is 1.72 bits per heavy atom. The van der Waals surface area contributed by atoms with Crippen molar-refractivity contribution >= 4 is 38.3 Å². The lowest BCUT2D eigenvalue weighted by Crippen LogP contribution is -2.28. The van der Waals surface area contributed by atoms with Gasteiger partial charge in [-0.25, -0.2) is 4.68 Å². The molecule has 10 heteroatoms. The quantitative estimate of drug-likeness (QED) is 0.285. The smallest absolute Gasteiger partial charge is 0.296 e. The summed E-state index contributed by atoms with van der Waals surface area (Å²) in [4.78, 5) is 30.5. The van der Waals surface area contributed by atoms with E-state index in [4.69, 9.17) is 9.84 Å². The normalized spacial score (nSPS) is 11.8. The largest absolute Gasteiger partial charge is 0.496 e. The molecule has 6 aromatic rings. The molecule has 8 nitrogen and oxygen atoms in total. The molecule has 0 amide bonds. The highest BCUT2D eigenvalue weighted by Gasteiger charge is 2.16. The third-order valence-corrected chi connectivity index (χ3v) is 7.72. The molecule has 192 valence electrons. The van der Waals surface area contributed by atoms with Crippen molar-refractivity contribution in [3.8, 4) is 22.7 Å². The van der Waals surface area contributed by atoms with Gasteiger partial charge in [0.2, 0.25) is 4.96 Å². The van der Waals surface area contributed by atoms with Gasteiger partial charge in [-0.2, -0.15) is 19.7 Å². The van der Waals surface area contributed by atoms with Gasteiger partial charge in [-0.15, -0.1) is 0 Å². The maximum Gasteiger partial charge on any atom is 0.296 e. The van der Waals surface area contributed by atoms with Gasteiger partial charge in [0.25, 0.3) is 11.1 Å². The molecular formula is C29H20BrN5O3S. The summed E-state index contributed by atoms with van der Waals surface area (Å²) in [5.41, 5.74) is 3.49. The average molecular weight is 598 g/mol. The molecule has 0 aliphatic heterocycles. The third-order valence-electron chi connectivity index (χ3n) is 6.14. The molecular weight excluding hydrogens is 578 g/mol. The van der Waals surface area contributed by atoms with Crippen LogP contribution in [0.4, 0.5) is 0 Å². The molecule has 39 heavy (non-hydrogen) atoms. The second-order valence-electron chi connectivity index (χ2n) is 8.70. The highest BCUT2D eigenvalue weighted by Crippen LogP contribution is 2.32. The first kappa shape index (κ1) is 24.9. The maximum absolute atomic E-state index is 13.4. The fourth-order valence-corrected chi connectivity index (χ4v) is 5.66. The number of thiazole rings is 1. The van der Waals surface area contributed by atoms with Crippen molar-refractivity contribution in [1.29, 1.82) is 0 Å². The molecule has 0 fully saturated rings. The van der Waals surface area contributed by atoms with Crippen molar-refractivity contribution in [3.05, 3.63) is 132 Å². The number of ether oxygens (including phenoxy) is 1. The number of nitrogens with zero attached hydrogens (tertiary/aromatic N) is 5. The van der Waals surface area contributed by atoms with Gasteiger partial charge in [0, 0.05) is 23.7 Å². The molecule has 0 radical (unpaired) electrons. The van der Waals surface area contributed by atoms with Crippen LogP contribution in [0.3, 0.4) is 0 Å². The highest BCUT2D eigenvalue weighted by molar-refractivity contribution is 9.10. The van der Waals surface area contributed by atoms with Crippen molar-refractivity contribution in [2.75, 3.05) is 7.11 Å². The Bertz CT molecular complexity index is 1990. The maximum atomic E-state index is 13.4. The molecule has 0 saturated carbocycles. The van der Waals surface area contributed by atoms with Gasteiger partial charge in [-0.1, -0.05) is 59.9 Å². The van der Waals surface area contributed by atoms with Gasteiger partial charge < -0.3 is 4.74 Å². The fraction of sp³-hybridized carbons (Fsp3) is 0.0690. The Morgan fingerprint density at radius 3 is 2.44 bits per heavy atom. The summed E-state index contributed by atoms with van der Waals surface area (Å²) in [6.07, 6.45) is 3.94. The van der Waals surface area contributed by atoms with E-state index in [2.05, 4.69) is 26.0 Å². The van der Waals surface area contributed by atoms with E-state index < -0.39 is 5.56 Å². The average Bonchev–Trinajstić information content (AvgIpc) is 3.51. The monoisotopic (exact) mass is 597 g/mol. The fourth-order valence-electron chi connectivity index (χ4n) is 4.23.